The van der Waals surface area contributed by atoms with Gasteiger partial charge in [0, 0.05) is 19.3 Å². The van der Waals surface area contributed by atoms with Crippen LogP contribution in [0.1, 0.15) is 12.5 Å². The predicted octanol–water partition coefficient (Wildman–Crippen LogP) is 1.56. The van der Waals surface area contributed by atoms with Gasteiger partial charge in [-0.2, -0.15) is 5.26 Å². The maximum absolute atomic E-state index is 11.6. The Kier molecular flexibility index (Phi) is 4.49. The summed E-state index contributed by atoms with van der Waals surface area (Å²) in [5.41, 5.74) is 1.33. The largest absolute Gasteiger partial charge is 0.372 e. The highest BCUT2D eigenvalue weighted by molar-refractivity contribution is 5.93. The summed E-state index contributed by atoms with van der Waals surface area (Å²) in [5.74, 6) is -0.105. The number of nitrogens with zero attached hydrogens (tertiary/aromatic N) is 2. The number of ether oxygens (including phenoxy) is 1. The van der Waals surface area contributed by atoms with E-state index in [1.165, 1.54) is 4.90 Å². The molecule has 4 heteroatoms. The van der Waals surface area contributed by atoms with Crippen molar-refractivity contribution < 1.29 is 9.53 Å². The van der Waals surface area contributed by atoms with Gasteiger partial charge in [0.2, 0.25) is 0 Å². The van der Waals surface area contributed by atoms with Gasteiger partial charge in [-0.1, -0.05) is 0 Å². The van der Waals surface area contributed by atoms with Crippen LogP contribution in [0.2, 0.25) is 0 Å². The van der Waals surface area contributed by atoms with Crippen LogP contribution in [0.25, 0.3) is 0 Å². The fourth-order valence-electron chi connectivity index (χ4n) is 1.19. The number of hydrogen-bond donors (Lipinski definition) is 0. The molecule has 0 saturated heterocycles. The van der Waals surface area contributed by atoms with Crippen molar-refractivity contribution in [1.29, 1.82) is 5.26 Å². The van der Waals surface area contributed by atoms with Gasteiger partial charge in [0.05, 0.1) is 11.6 Å². The van der Waals surface area contributed by atoms with Crippen molar-refractivity contribution in [2.45, 2.75) is 6.92 Å². The summed E-state index contributed by atoms with van der Waals surface area (Å²) < 4.78 is 5.04. The molecule has 1 aromatic rings. The number of likely N-dealkylation sites (N-methyl/N-ethyl adjacent to an activating group) is 1. The molecule has 0 N–H and O–H groups in total. The molecule has 16 heavy (non-hydrogen) atoms. The molecule has 1 aromatic carbocycles. The van der Waals surface area contributed by atoms with Crippen molar-refractivity contribution in [3.63, 3.8) is 0 Å². The Morgan fingerprint density at radius 2 is 2.06 bits per heavy atom. The summed E-state index contributed by atoms with van der Waals surface area (Å²) in [7, 11) is 1.68. The van der Waals surface area contributed by atoms with E-state index in [-0.39, 0.29) is 12.5 Å². The number of benzene rings is 1. The number of anilines is 1. The molecule has 0 heterocycles. The molecule has 0 atom stereocenters. The van der Waals surface area contributed by atoms with E-state index in [0.717, 1.165) is 5.69 Å². The zero-order chi connectivity index (χ0) is 12.0. The number of carbonyl (C=O) groups excluding carboxylic acids is 1. The van der Waals surface area contributed by atoms with Gasteiger partial charge in [-0.15, -0.1) is 0 Å². The first kappa shape index (κ1) is 12.2. The second-order valence-corrected chi connectivity index (χ2v) is 3.25. The highest BCUT2D eigenvalue weighted by Gasteiger charge is 2.10. The average molecular weight is 218 g/mol. The zero-order valence-electron chi connectivity index (χ0n) is 9.43. The van der Waals surface area contributed by atoms with Gasteiger partial charge in [0.1, 0.15) is 6.61 Å². The van der Waals surface area contributed by atoms with Gasteiger partial charge in [0.25, 0.3) is 5.91 Å². The Morgan fingerprint density at radius 3 is 2.56 bits per heavy atom. The molecule has 0 radical (unpaired) electrons. The molecule has 0 saturated carbocycles. The molecule has 0 bridgehead atoms. The van der Waals surface area contributed by atoms with Crippen molar-refractivity contribution in [3.05, 3.63) is 29.8 Å². The van der Waals surface area contributed by atoms with Crippen molar-refractivity contribution in [2.75, 3.05) is 25.2 Å². The number of carbonyl (C=O) groups is 1. The van der Waals surface area contributed by atoms with Crippen LogP contribution in [0.15, 0.2) is 24.3 Å². The summed E-state index contributed by atoms with van der Waals surface area (Å²) in [5, 5.41) is 8.64. The zero-order valence-corrected chi connectivity index (χ0v) is 9.43. The van der Waals surface area contributed by atoms with Crippen LogP contribution in [0.4, 0.5) is 5.69 Å². The molecular weight excluding hydrogens is 204 g/mol. The van der Waals surface area contributed by atoms with Gasteiger partial charge in [-0.05, 0) is 31.2 Å². The van der Waals surface area contributed by atoms with Crippen LogP contribution < -0.4 is 4.90 Å². The predicted molar refractivity (Wildman–Crippen MR) is 61.1 cm³/mol. The quantitative estimate of drug-likeness (QED) is 0.770. The molecule has 0 aliphatic rings. The van der Waals surface area contributed by atoms with E-state index in [1.54, 1.807) is 31.3 Å². The standard InChI is InChI=1S/C12H14N2O2/c1-3-16-9-12(15)14(2)11-6-4-10(8-13)5-7-11/h4-7H,3,9H2,1-2H3. The third-order valence-electron chi connectivity index (χ3n) is 2.19. The molecule has 0 spiro atoms. The second kappa shape index (κ2) is 5.89. The number of hydrogen-bond acceptors (Lipinski definition) is 3. The van der Waals surface area contributed by atoms with Gasteiger partial charge < -0.3 is 9.64 Å². The van der Waals surface area contributed by atoms with Crippen LogP contribution in [0.3, 0.4) is 0 Å². The SMILES string of the molecule is CCOCC(=O)N(C)c1ccc(C#N)cc1. The number of rotatable bonds is 4. The molecule has 0 unspecified atom stereocenters. The molecule has 0 aromatic heterocycles. The minimum atomic E-state index is -0.105. The van der Waals surface area contributed by atoms with Gasteiger partial charge in [-0.3, -0.25) is 4.79 Å². The minimum absolute atomic E-state index is 0.0764. The Bertz CT molecular complexity index is 392. The van der Waals surface area contributed by atoms with E-state index in [4.69, 9.17) is 10.00 Å². The van der Waals surface area contributed by atoms with Gasteiger partial charge >= 0.3 is 0 Å². The molecule has 0 fully saturated rings. The van der Waals surface area contributed by atoms with E-state index in [9.17, 15) is 4.79 Å². The first-order valence-electron chi connectivity index (χ1n) is 5.03. The average Bonchev–Trinajstić information content (AvgIpc) is 2.35. The van der Waals surface area contributed by atoms with Crippen LogP contribution in [-0.2, 0) is 9.53 Å². The van der Waals surface area contributed by atoms with E-state index in [2.05, 4.69) is 0 Å². The smallest absolute Gasteiger partial charge is 0.252 e. The first-order valence-corrected chi connectivity index (χ1v) is 5.03. The van der Waals surface area contributed by atoms with Gasteiger partial charge in [-0.25, -0.2) is 0 Å². The first-order chi connectivity index (χ1) is 7.69. The maximum atomic E-state index is 11.6. The van der Waals surface area contributed by atoms with Crippen molar-refractivity contribution in [3.8, 4) is 6.07 Å². The normalized spacial score (nSPS) is 9.56. The molecule has 0 aliphatic carbocycles. The van der Waals surface area contributed by atoms with Crippen LogP contribution in [0, 0.1) is 11.3 Å². The molecule has 1 rings (SSSR count). The molecular formula is C12H14N2O2. The lowest BCUT2D eigenvalue weighted by Gasteiger charge is -2.17. The fourth-order valence-corrected chi connectivity index (χ4v) is 1.19. The van der Waals surface area contributed by atoms with Crippen LogP contribution >= 0.6 is 0 Å². The monoisotopic (exact) mass is 218 g/mol. The summed E-state index contributed by atoms with van der Waals surface area (Å²) in [6, 6.07) is 8.87. The summed E-state index contributed by atoms with van der Waals surface area (Å²) >= 11 is 0. The Morgan fingerprint density at radius 1 is 1.44 bits per heavy atom. The maximum Gasteiger partial charge on any atom is 0.252 e. The molecule has 84 valence electrons. The Hall–Kier alpha value is -1.86. The fraction of sp³-hybridized carbons (Fsp3) is 0.333. The van der Waals surface area contributed by atoms with Gasteiger partial charge in [0.15, 0.2) is 0 Å². The Labute approximate surface area is 95.0 Å². The summed E-state index contributed by atoms with van der Waals surface area (Å²) in [6.07, 6.45) is 0. The summed E-state index contributed by atoms with van der Waals surface area (Å²) in [4.78, 5) is 13.1. The van der Waals surface area contributed by atoms with E-state index in [0.29, 0.717) is 12.2 Å². The summed E-state index contributed by atoms with van der Waals surface area (Å²) in [6.45, 7) is 2.44. The van der Waals surface area contributed by atoms with Crippen LogP contribution in [0.5, 0.6) is 0 Å². The number of amides is 1. The third-order valence-corrected chi connectivity index (χ3v) is 2.19. The molecule has 1 amide bonds. The minimum Gasteiger partial charge on any atom is -0.372 e. The van der Waals surface area contributed by atoms with Crippen molar-refractivity contribution in [2.24, 2.45) is 0 Å². The highest BCUT2D eigenvalue weighted by Crippen LogP contribution is 2.13. The molecule has 0 aliphatic heterocycles. The lowest BCUT2D eigenvalue weighted by Crippen LogP contribution is -2.30. The lowest BCUT2D eigenvalue weighted by atomic mass is 10.2. The van der Waals surface area contributed by atoms with E-state index >= 15 is 0 Å². The van der Waals surface area contributed by atoms with Crippen LogP contribution in [-0.4, -0.2) is 26.2 Å². The highest BCUT2D eigenvalue weighted by atomic mass is 16.5. The third kappa shape index (κ3) is 3.07. The van der Waals surface area contributed by atoms with Crippen molar-refractivity contribution >= 4 is 11.6 Å². The number of nitriles is 1. The second-order valence-electron chi connectivity index (χ2n) is 3.25. The van der Waals surface area contributed by atoms with E-state index in [1.807, 2.05) is 13.0 Å². The topological polar surface area (TPSA) is 53.3 Å². The lowest BCUT2D eigenvalue weighted by molar-refractivity contribution is -0.122. The Balaban J connectivity index is 2.69. The molecule has 4 nitrogen and oxygen atoms in total. The van der Waals surface area contributed by atoms with E-state index < -0.39 is 0 Å². The van der Waals surface area contributed by atoms with Crippen molar-refractivity contribution in [1.82, 2.24) is 0 Å².